The zero-order chi connectivity index (χ0) is 36.6. The Bertz CT molecular complexity index is 2320. The van der Waals surface area contributed by atoms with Crippen LogP contribution < -0.4 is 16.4 Å². The molecule has 3 aromatic rings. The second-order valence-electron chi connectivity index (χ2n) is 8.82. The summed E-state index contributed by atoms with van der Waals surface area (Å²) in [5.41, 5.74) is -14.3. The van der Waals surface area contributed by atoms with Gasteiger partial charge in [-0.15, -0.1) is 0 Å². The molecule has 0 amide bonds. The third-order valence-corrected chi connectivity index (χ3v) is 6.99. The van der Waals surface area contributed by atoms with Crippen molar-refractivity contribution in [3.8, 4) is 54.6 Å². The molecule has 0 heterocycles. The molecule has 0 saturated heterocycles. The van der Waals surface area contributed by atoms with Crippen LogP contribution in [0.5, 0.6) is 0 Å². The molecule has 0 aromatic heterocycles. The largest absolute Gasteiger partial charge is 0.239 e. The quantitative estimate of drug-likeness (QED) is 0.299. The molecule has 0 aliphatic carbocycles. The second-order valence-corrected chi connectivity index (χ2v) is 8.82. The lowest BCUT2D eigenvalue weighted by Gasteiger charge is -2.27. The summed E-state index contributed by atoms with van der Waals surface area (Å²) in [6.45, 7) is 45.7. The summed E-state index contributed by atoms with van der Waals surface area (Å²) >= 11 is 0. The van der Waals surface area contributed by atoms with Crippen LogP contribution in [0.4, 0.5) is 34.1 Å². The van der Waals surface area contributed by atoms with Gasteiger partial charge in [0.25, 0.3) is 0 Å². The Morgan fingerprint density at radius 3 is 0.531 bits per heavy atom. The molecule has 0 unspecified atom stereocenters. The molecule has 0 spiro atoms. The molecule has 16 heteroatoms. The molecule has 3 aromatic carbocycles. The third-order valence-electron chi connectivity index (χ3n) is 6.99. The van der Waals surface area contributed by atoms with E-state index in [1.807, 2.05) is 0 Å². The summed E-state index contributed by atoms with van der Waals surface area (Å²) in [6, 6.07) is 14.4. The van der Waals surface area contributed by atoms with Gasteiger partial charge in [-0.3, -0.25) is 0 Å². The van der Waals surface area contributed by atoms with E-state index in [4.69, 9.17) is 39.4 Å². The zero-order valence-electron chi connectivity index (χ0n) is 23.8. The minimum absolute atomic E-state index is 0.721. The summed E-state index contributed by atoms with van der Waals surface area (Å²) in [6.07, 6.45) is 0. The van der Waals surface area contributed by atoms with Crippen LogP contribution in [0.3, 0.4) is 0 Å². The first-order valence-corrected chi connectivity index (χ1v) is 12.3. The number of benzene rings is 3. The highest BCUT2D eigenvalue weighted by Crippen LogP contribution is 2.39. The molecule has 0 saturated carbocycles. The SMILES string of the molecule is [C-]#[N+]c1c(C#N)c(C#N)c(C#N)c([N+]#[C-])c1B(c1c([N+]#[C-])c(C#N)c(C#N)c(C#N)c1[N+]#[C-])c1c([N+]#[C-])c(C#N)c(C#N)c(C#N)c1[N+]#[C-]. The van der Waals surface area contributed by atoms with Gasteiger partial charge < -0.3 is 0 Å². The predicted octanol–water partition coefficient (Wildman–Crippen LogP) is 4.35. The molecule has 0 aliphatic heterocycles. The van der Waals surface area contributed by atoms with E-state index in [1.54, 1.807) is 54.6 Å². The summed E-state index contributed by atoms with van der Waals surface area (Å²) in [7, 11) is 0. The Kier molecular flexibility index (Phi) is 9.31. The average Bonchev–Trinajstić information content (AvgIpc) is 3.14. The number of rotatable bonds is 3. The van der Waals surface area contributed by atoms with Crippen molar-refractivity contribution in [3.63, 3.8) is 0 Å². The summed E-state index contributed by atoms with van der Waals surface area (Å²) in [4.78, 5) is 19.9. The smallest absolute Gasteiger partial charge is 0.191 e. The van der Waals surface area contributed by atoms with Gasteiger partial charge in [0.05, 0.1) is 144 Å². The van der Waals surface area contributed by atoms with E-state index in [1.165, 1.54) is 0 Å². The van der Waals surface area contributed by atoms with Gasteiger partial charge in [-0.1, -0.05) is 16.4 Å². The van der Waals surface area contributed by atoms with Gasteiger partial charge in [-0.05, 0) is 0 Å². The van der Waals surface area contributed by atoms with E-state index in [0.29, 0.717) is 0 Å². The average molecular weight is 617 g/mol. The van der Waals surface area contributed by atoms with E-state index >= 15 is 0 Å². The van der Waals surface area contributed by atoms with E-state index in [-0.39, 0.29) is 0 Å². The molecular formula is C33BN15. The molecule has 49 heavy (non-hydrogen) atoms. The first-order chi connectivity index (χ1) is 23.7. The second kappa shape index (κ2) is 13.6. The van der Waals surface area contributed by atoms with Gasteiger partial charge in [0.15, 0.2) is 40.8 Å². The molecule has 15 nitrogen and oxygen atoms in total. The Morgan fingerprint density at radius 1 is 0.286 bits per heavy atom. The lowest BCUT2D eigenvalue weighted by Crippen LogP contribution is -2.53. The van der Waals surface area contributed by atoms with E-state index in [0.717, 1.165) is 0 Å². The zero-order valence-corrected chi connectivity index (χ0v) is 23.8. The van der Waals surface area contributed by atoms with Crippen LogP contribution in [-0.4, -0.2) is 6.71 Å². The summed E-state index contributed by atoms with van der Waals surface area (Å²) < 4.78 is 0. The minimum Gasteiger partial charge on any atom is -0.239 e. The fraction of sp³-hybridized carbons (Fsp3) is 0. The lowest BCUT2D eigenvalue weighted by atomic mass is 9.34. The molecule has 0 N–H and O–H groups in total. The number of hydrogen-bond acceptors (Lipinski definition) is 9. The van der Waals surface area contributed by atoms with Crippen LogP contribution in [0.25, 0.3) is 29.1 Å². The van der Waals surface area contributed by atoms with Gasteiger partial charge in [0, 0.05) is 0 Å². The van der Waals surface area contributed by atoms with Crippen molar-refractivity contribution in [2.24, 2.45) is 0 Å². The maximum atomic E-state index is 10.1. The Morgan fingerprint density at radius 2 is 0.429 bits per heavy atom. The Labute approximate surface area is 277 Å². The normalized spacial score (nSPS) is 8.51. The van der Waals surface area contributed by atoms with Crippen molar-refractivity contribution < 1.29 is 0 Å². The monoisotopic (exact) mass is 617 g/mol. The van der Waals surface area contributed by atoms with Crippen molar-refractivity contribution in [1.82, 2.24) is 0 Å². The van der Waals surface area contributed by atoms with Crippen LogP contribution in [0.15, 0.2) is 0 Å². The number of nitrogens with zero attached hydrogens (tertiary/aromatic N) is 15. The van der Waals surface area contributed by atoms with Crippen molar-refractivity contribution in [2.75, 3.05) is 0 Å². The van der Waals surface area contributed by atoms with E-state index in [2.05, 4.69) is 29.1 Å². The van der Waals surface area contributed by atoms with Crippen LogP contribution in [0.2, 0.25) is 0 Å². The first-order valence-electron chi connectivity index (χ1n) is 12.3. The third kappa shape index (κ3) is 4.57. The molecule has 0 aliphatic rings. The van der Waals surface area contributed by atoms with Crippen LogP contribution in [0, 0.1) is 141 Å². The number of nitriles is 9. The standard InChI is InChI=1S/C33BN15/c1-44-28-19(10-38)16(7-35)20(11-39)29(45-2)25(28)34(26-30(46-3)21(12-40)17(8-36)22(13-41)31(26)47-4)27-32(48-5)23(14-42)18(9-37)24(15-43)33(27)49-6. The molecule has 0 atom stereocenters. The molecule has 0 radical (unpaired) electrons. The van der Waals surface area contributed by atoms with Gasteiger partial charge in [-0.25, -0.2) is 29.1 Å². The minimum atomic E-state index is -2.25. The maximum absolute atomic E-state index is 10.1. The van der Waals surface area contributed by atoms with Crippen molar-refractivity contribution in [1.29, 1.82) is 47.4 Å². The van der Waals surface area contributed by atoms with Crippen molar-refractivity contribution >= 4 is 57.2 Å². The van der Waals surface area contributed by atoms with E-state index < -0.39 is 107 Å². The topological polar surface area (TPSA) is 240 Å². The molecular weight excluding hydrogens is 617 g/mol. The Hall–Kier alpha value is -9.93. The molecule has 0 fully saturated rings. The van der Waals surface area contributed by atoms with Crippen molar-refractivity contribution in [2.45, 2.75) is 0 Å². The summed E-state index contributed by atoms with van der Waals surface area (Å²) in [5.74, 6) is 0. The highest BCUT2D eigenvalue weighted by molar-refractivity contribution is 7.01. The maximum Gasteiger partial charge on any atom is 0.191 e. The van der Waals surface area contributed by atoms with Gasteiger partial charge in [-0.2, -0.15) is 47.4 Å². The Balaban J connectivity index is 3.21. The molecule has 0 bridgehead atoms. The molecule has 210 valence electrons. The highest BCUT2D eigenvalue weighted by Gasteiger charge is 2.42. The predicted molar refractivity (Wildman–Crippen MR) is 164 cm³/mol. The highest BCUT2D eigenvalue weighted by atomic mass is 14.8. The fourth-order valence-electron chi connectivity index (χ4n) is 5.17. The fourth-order valence-corrected chi connectivity index (χ4v) is 5.17. The van der Waals surface area contributed by atoms with Gasteiger partial charge >= 0.3 is 0 Å². The first kappa shape index (κ1) is 33.6. The van der Waals surface area contributed by atoms with Crippen molar-refractivity contribution in [3.05, 3.63) is 119 Å². The van der Waals surface area contributed by atoms with Crippen LogP contribution >= 0.6 is 0 Å². The van der Waals surface area contributed by atoms with Gasteiger partial charge in [0.2, 0.25) is 0 Å². The van der Waals surface area contributed by atoms with Crippen LogP contribution in [-0.2, 0) is 0 Å². The van der Waals surface area contributed by atoms with Crippen LogP contribution in [0.1, 0.15) is 50.1 Å². The lowest BCUT2D eigenvalue weighted by molar-refractivity contribution is 1.40. The van der Waals surface area contributed by atoms with Gasteiger partial charge in [0.1, 0.15) is 0 Å². The molecule has 3 rings (SSSR count). The summed E-state index contributed by atoms with van der Waals surface area (Å²) in [5, 5.41) is 90.1. The number of hydrogen-bond donors (Lipinski definition) is 0. The van der Waals surface area contributed by atoms with E-state index in [9.17, 15) is 47.4 Å².